The molecule has 17 heavy (non-hydrogen) atoms. The Balaban J connectivity index is 1.97. The topological polar surface area (TPSA) is 72.2 Å². The van der Waals surface area contributed by atoms with Gasteiger partial charge in [-0.3, -0.25) is 9.78 Å². The zero-order valence-corrected chi connectivity index (χ0v) is 9.24. The fourth-order valence-corrected chi connectivity index (χ4v) is 1.24. The van der Waals surface area contributed by atoms with Crippen LogP contribution in [0.5, 0.6) is 0 Å². The number of carbonyl (C=O) groups excluding carboxylic acids is 1. The lowest BCUT2D eigenvalue weighted by Gasteiger charge is -1.98. The van der Waals surface area contributed by atoms with Crippen LogP contribution in [-0.2, 0) is 7.05 Å². The lowest BCUT2D eigenvalue weighted by Crippen LogP contribution is -2.19. The lowest BCUT2D eigenvalue weighted by atomic mass is 10.4. The van der Waals surface area contributed by atoms with Gasteiger partial charge in [0.15, 0.2) is 0 Å². The molecule has 6 heteroatoms. The summed E-state index contributed by atoms with van der Waals surface area (Å²) in [6.07, 6.45) is 7.80. The minimum absolute atomic E-state index is 0.233. The third-order valence-electron chi connectivity index (χ3n) is 2.14. The van der Waals surface area contributed by atoms with Crippen molar-refractivity contribution in [3.8, 4) is 0 Å². The van der Waals surface area contributed by atoms with E-state index >= 15 is 0 Å². The van der Waals surface area contributed by atoms with E-state index in [0.29, 0.717) is 0 Å². The van der Waals surface area contributed by atoms with Gasteiger partial charge in [0.25, 0.3) is 5.91 Å². The van der Waals surface area contributed by atoms with E-state index in [0.717, 1.165) is 5.69 Å². The molecule has 86 valence electrons. The second-order valence-electron chi connectivity index (χ2n) is 3.33. The summed E-state index contributed by atoms with van der Waals surface area (Å²) in [7, 11) is 1.89. The molecule has 0 aromatic carbocycles. The van der Waals surface area contributed by atoms with E-state index in [1.165, 1.54) is 18.6 Å². The van der Waals surface area contributed by atoms with E-state index in [9.17, 15) is 4.79 Å². The van der Waals surface area contributed by atoms with Crippen LogP contribution in [-0.4, -0.2) is 26.7 Å². The van der Waals surface area contributed by atoms with E-state index in [-0.39, 0.29) is 11.6 Å². The van der Waals surface area contributed by atoms with Crippen molar-refractivity contribution in [3.63, 3.8) is 0 Å². The summed E-state index contributed by atoms with van der Waals surface area (Å²) in [6.45, 7) is 0. The summed E-state index contributed by atoms with van der Waals surface area (Å²) < 4.78 is 1.89. The normalized spacial score (nSPS) is 10.6. The summed E-state index contributed by atoms with van der Waals surface area (Å²) in [5.41, 5.74) is 3.51. The average molecular weight is 229 g/mol. The van der Waals surface area contributed by atoms with E-state index in [4.69, 9.17) is 0 Å². The van der Waals surface area contributed by atoms with Gasteiger partial charge in [-0.2, -0.15) is 5.10 Å². The Morgan fingerprint density at radius 1 is 1.53 bits per heavy atom. The van der Waals surface area contributed by atoms with Crippen LogP contribution in [0.4, 0.5) is 0 Å². The van der Waals surface area contributed by atoms with Crippen molar-refractivity contribution in [2.75, 3.05) is 0 Å². The zero-order valence-electron chi connectivity index (χ0n) is 9.24. The monoisotopic (exact) mass is 229 g/mol. The summed E-state index contributed by atoms with van der Waals surface area (Å²) in [4.78, 5) is 19.2. The quantitative estimate of drug-likeness (QED) is 0.618. The summed E-state index contributed by atoms with van der Waals surface area (Å²) >= 11 is 0. The standard InChI is InChI=1S/C11H11N5O/c1-16-6-2-3-9(16)7-14-15-11(17)10-8-12-4-5-13-10/h2-8H,1H3,(H,15,17)/b14-7+. The Bertz CT molecular complexity index is 532. The van der Waals surface area contributed by atoms with E-state index in [2.05, 4.69) is 20.5 Å². The van der Waals surface area contributed by atoms with Gasteiger partial charge in [0, 0.05) is 25.6 Å². The molecule has 1 amide bonds. The number of hydrazone groups is 1. The Morgan fingerprint density at radius 2 is 2.41 bits per heavy atom. The molecule has 0 bridgehead atoms. The molecule has 0 aliphatic carbocycles. The Kier molecular flexibility index (Phi) is 3.25. The molecule has 0 spiro atoms. The summed E-state index contributed by atoms with van der Waals surface area (Å²) in [5.74, 6) is -0.386. The van der Waals surface area contributed by atoms with Crippen molar-refractivity contribution in [3.05, 3.63) is 48.3 Å². The smallest absolute Gasteiger partial charge is 0.291 e. The first-order valence-electron chi connectivity index (χ1n) is 4.98. The Hall–Kier alpha value is -2.50. The van der Waals surface area contributed by atoms with Gasteiger partial charge < -0.3 is 4.57 Å². The fourth-order valence-electron chi connectivity index (χ4n) is 1.24. The van der Waals surface area contributed by atoms with Gasteiger partial charge >= 0.3 is 0 Å². The molecule has 1 N–H and O–H groups in total. The summed E-state index contributed by atoms with van der Waals surface area (Å²) in [6, 6.07) is 3.78. The maximum Gasteiger partial charge on any atom is 0.291 e. The number of aromatic nitrogens is 3. The second-order valence-corrected chi connectivity index (χ2v) is 3.33. The first kappa shape index (κ1) is 11.0. The van der Waals surface area contributed by atoms with Crippen LogP contribution in [0, 0.1) is 0 Å². The predicted molar refractivity (Wildman–Crippen MR) is 62.5 cm³/mol. The maximum atomic E-state index is 11.5. The van der Waals surface area contributed by atoms with Crippen LogP contribution in [0.15, 0.2) is 42.0 Å². The van der Waals surface area contributed by atoms with E-state index in [1.807, 2.05) is 29.9 Å². The van der Waals surface area contributed by atoms with Crippen LogP contribution in [0.3, 0.4) is 0 Å². The number of carbonyl (C=O) groups is 1. The molecular formula is C11H11N5O. The van der Waals surface area contributed by atoms with Crippen LogP contribution < -0.4 is 5.43 Å². The van der Waals surface area contributed by atoms with Crippen LogP contribution in [0.25, 0.3) is 0 Å². The van der Waals surface area contributed by atoms with Gasteiger partial charge in [-0.25, -0.2) is 10.4 Å². The van der Waals surface area contributed by atoms with Crippen molar-refractivity contribution >= 4 is 12.1 Å². The largest absolute Gasteiger partial charge is 0.350 e. The second kappa shape index (κ2) is 5.02. The molecule has 2 aromatic rings. The SMILES string of the molecule is Cn1cccc1/C=N/NC(=O)c1cnccn1. The van der Waals surface area contributed by atoms with Crippen molar-refractivity contribution in [1.29, 1.82) is 0 Å². The van der Waals surface area contributed by atoms with E-state index < -0.39 is 0 Å². The molecule has 2 rings (SSSR count). The van der Waals surface area contributed by atoms with Crippen molar-refractivity contribution in [2.24, 2.45) is 12.1 Å². The predicted octanol–water partition coefficient (Wildman–Crippen LogP) is 0.579. The molecule has 0 fully saturated rings. The minimum Gasteiger partial charge on any atom is -0.350 e. The number of hydrogen-bond acceptors (Lipinski definition) is 4. The highest BCUT2D eigenvalue weighted by atomic mass is 16.2. The van der Waals surface area contributed by atoms with Gasteiger partial charge in [0.05, 0.1) is 18.1 Å². The average Bonchev–Trinajstić information content (AvgIpc) is 2.76. The number of rotatable bonds is 3. The number of hydrogen-bond donors (Lipinski definition) is 1. The highest BCUT2D eigenvalue weighted by Crippen LogP contribution is 1.95. The maximum absolute atomic E-state index is 11.5. The van der Waals surface area contributed by atoms with Crippen molar-refractivity contribution in [1.82, 2.24) is 20.0 Å². The minimum atomic E-state index is -0.386. The molecule has 0 unspecified atom stereocenters. The molecule has 2 aromatic heterocycles. The van der Waals surface area contributed by atoms with Gasteiger partial charge in [0.2, 0.25) is 0 Å². The highest BCUT2D eigenvalue weighted by molar-refractivity contribution is 5.92. The Morgan fingerprint density at radius 3 is 3.06 bits per heavy atom. The van der Waals surface area contributed by atoms with Gasteiger partial charge in [0.1, 0.15) is 5.69 Å². The first-order chi connectivity index (χ1) is 8.27. The van der Waals surface area contributed by atoms with Crippen molar-refractivity contribution in [2.45, 2.75) is 0 Å². The fraction of sp³-hybridized carbons (Fsp3) is 0.0909. The zero-order chi connectivity index (χ0) is 12.1. The molecule has 0 aliphatic rings. The van der Waals surface area contributed by atoms with E-state index in [1.54, 1.807) is 6.21 Å². The molecule has 6 nitrogen and oxygen atoms in total. The van der Waals surface area contributed by atoms with Crippen LogP contribution >= 0.6 is 0 Å². The molecule has 0 saturated heterocycles. The van der Waals surface area contributed by atoms with Crippen LogP contribution in [0.2, 0.25) is 0 Å². The highest BCUT2D eigenvalue weighted by Gasteiger charge is 2.04. The number of aryl methyl sites for hydroxylation is 1. The number of nitrogens with one attached hydrogen (secondary N) is 1. The summed E-state index contributed by atoms with van der Waals surface area (Å²) in [5, 5.41) is 3.84. The van der Waals surface area contributed by atoms with Gasteiger partial charge in [-0.15, -0.1) is 0 Å². The molecule has 0 atom stereocenters. The molecule has 0 radical (unpaired) electrons. The lowest BCUT2D eigenvalue weighted by molar-refractivity contribution is 0.0949. The van der Waals surface area contributed by atoms with Gasteiger partial charge in [-0.1, -0.05) is 0 Å². The Labute approximate surface area is 98.0 Å². The third kappa shape index (κ3) is 2.75. The molecule has 0 saturated carbocycles. The number of nitrogens with zero attached hydrogens (tertiary/aromatic N) is 4. The number of amides is 1. The molecule has 0 aliphatic heterocycles. The van der Waals surface area contributed by atoms with Crippen molar-refractivity contribution < 1.29 is 4.79 Å². The van der Waals surface area contributed by atoms with Crippen LogP contribution in [0.1, 0.15) is 16.2 Å². The molecule has 2 heterocycles. The van der Waals surface area contributed by atoms with Gasteiger partial charge in [-0.05, 0) is 12.1 Å². The first-order valence-corrected chi connectivity index (χ1v) is 4.98. The third-order valence-corrected chi connectivity index (χ3v) is 2.14. The molecular weight excluding hydrogens is 218 g/mol.